The largest absolute Gasteiger partial charge is 0.466 e. The number of aryl methyl sites for hydroxylation is 2. The zero-order valence-corrected chi connectivity index (χ0v) is 14.2. The van der Waals surface area contributed by atoms with Crippen LogP contribution in [0.3, 0.4) is 0 Å². The van der Waals surface area contributed by atoms with Gasteiger partial charge < -0.3 is 13.9 Å². The lowest BCUT2D eigenvalue weighted by Crippen LogP contribution is -2.24. The minimum absolute atomic E-state index is 0.197. The first-order chi connectivity index (χ1) is 11.4. The third-order valence-corrected chi connectivity index (χ3v) is 3.62. The molecule has 0 saturated carbocycles. The Kier molecular flexibility index (Phi) is 5.73. The quantitative estimate of drug-likeness (QED) is 0.756. The molecule has 0 aromatic carbocycles. The van der Waals surface area contributed by atoms with Crippen LogP contribution in [0.2, 0.25) is 0 Å². The molecule has 0 saturated heterocycles. The van der Waals surface area contributed by atoms with Crippen molar-refractivity contribution in [3.8, 4) is 0 Å². The molecule has 0 fully saturated rings. The van der Waals surface area contributed by atoms with Crippen LogP contribution in [0.25, 0.3) is 0 Å². The van der Waals surface area contributed by atoms with E-state index in [9.17, 15) is 9.59 Å². The minimum atomic E-state index is -1.14. The molecule has 6 heteroatoms. The maximum absolute atomic E-state index is 12.5. The van der Waals surface area contributed by atoms with Crippen molar-refractivity contribution in [3.05, 3.63) is 53.2 Å². The van der Waals surface area contributed by atoms with Crippen molar-refractivity contribution in [1.29, 1.82) is 0 Å². The molecule has 0 spiro atoms. The number of carbonyl (C=O) groups excluding carboxylic acids is 2. The van der Waals surface area contributed by atoms with E-state index in [2.05, 4.69) is 4.98 Å². The van der Waals surface area contributed by atoms with Gasteiger partial charge in [-0.05, 0) is 39.8 Å². The molecule has 0 bridgehead atoms. The van der Waals surface area contributed by atoms with Gasteiger partial charge >= 0.3 is 11.9 Å². The molecule has 6 nitrogen and oxygen atoms in total. The Bertz CT molecular complexity index is 707. The van der Waals surface area contributed by atoms with Crippen molar-refractivity contribution in [2.45, 2.75) is 39.7 Å². The molecule has 128 valence electrons. The summed E-state index contributed by atoms with van der Waals surface area (Å²) in [5.74, 6) is -0.328. The number of rotatable bonds is 6. The fraction of sp³-hybridized carbons (Fsp3) is 0.389. The van der Waals surface area contributed by atoms with E-state index in [-0.39, 0.29) is 6.61 Å². The van der Waals surface area contributed by atoms with E-state index in [1.165, 1.54) is 6.20 Å². The Morgan fingerprint density at radius 1 is 1.29 bits per heavy atom. The summed E-state index contributed by atoms with van der Waals surface area (Å²) in [6.45, 7) is 7.20. The summed E-state index contributed by atoms with van der Waals surface area (Å²) in [7, 11) is 0. The first-order valence-corrected chi connectivity index (χ1v) is 7.78. The van der Waals surface area contributed by atoms with E-state index in [1.54, 1.807) is 45.2 Å². The number of carbonyl (C=O) groups is 2. The highest BCUT2D eigenvalue weighted by atomic mass is 16.6. The standard InChI is InChI=1S/C18H21NO5/c1-5-22-18(21)16(14-7-6-8-19-10-14)24-17(20)12(3)15-9-11(2)23-13(15)4/h6-10,12,16H,5H2,1-4H3/t12-,16+/m1/s1. The van der Waals surface area contributed by atoms with Crippen LogP contribution in [-0.2, 0) is 19.1 Å². The first-order valence-electron chi connectivity index (χ1n) is 7.78. The SMILES string of the molecule is CCOC(=O)[C@@H](OC(=O)[C@H](C)c1cc(C)oc1C)c1cccnc1. The van der Waals surface area contributed by atoms with E-state index in [0.717, 1.165) is 11.3 Å². The van der Waals surface area contributed by atoms with Crippen LogP contribution >= 0.6 is 0 Å². The second-order valence-corrected chi connectivity index (χ2v) is 5.45. The average molecular weight is 331 g/mol. The number of hydrogen-bond acceptors (Lipinski definition) is 6. The first kappa shape index (κ1) is 17.7. The molecule has 2 rings (SSSR count). The van der Waals surface area contributed by atoms with Crippen molar-refractivity contribution >= 4 is 11.9 Å². The minimum Gasteiger partial charge on any atom is -0.466 e. The van der Waals surface area contributed by atoms with Gasteiger partial charge in [-0.1, -0.05) is 6.07 Å². The Balaban J connectivity index is 2.21. The van der Waals surface area contributed by atoms with Gasteiger partial charge in [-0.2, -0.15) is 0 Å². The van der Waals surface area contributed by atoms with Gasteiger partial charge in [-0.25, -0.2) is 4.79 Å². The smallest absolute Gasteiger partial charge is 0.352 e. The van der Waals surface area contributed by atoms with Crippen molar-refractivity contribution in [3.63, 3.8) is 0 Å². The number of ether oxygens (including phenoxy) is 2. The van der Waals surface area contributed by atoms with Crippen molar-refractivity contribution < 1.29 is 23.5 Å². The average Bonchev–Trinajstić information content (AvgIpc) is 2.91. The molecule has 2 heterocycles. The Morgan fingerprint density at radius 3 is 2.58 bits per heavy atom. The maximum Gasteiger partial charge on any atom is 0.352 e. The third-order valence-electron chi connectivity index (χ3n) is 3.62. The Hall–Kier alpha value is -2.63. The molecule has 24 heavy (non-hydrogen) atoms. The summed E-state index contributed by atoms with van der Waals surface area (Å²) in [5, 5.41) is 0. The number of esters is 2. The number of nitrogens with zero attached hydrogens (tertiary/aromatic N) is 1. The van der Waals surface area contributed by atoms with E-state index in [1.807, 2.05) is 6.92 Å². The molecule has 0 unspecified atom stereocenters. The summed E-state index contributed by atoms with van der Waals surface area (Å²) in [6, 6.07) is 5.13. The van der Waals surface area contributed by atoms with Crippen LogP contribution in [0, 0.1) is 13.8 Å². The van der Waals surface area contributed by atoms with Gasteiger partial charge in [-0.15, -0.1) is 0 Å². The molecule has 0 aliphatic rings. The van der Waals surface area contributed by atoms with Crippen LogP contribution in [0.1, 0.15) is 48.5 Å². The van der Waals surface area contributed by atoms with Gasteiger partial charge in [0.1, 0.15) is 11.5 Å². The summed E-state index contributed by atoms with van der Waals surface area (Å²) in [4.78, 5) is 28.6. The number of aromatic nitrogens is 1. The van der Waals surface area contributed by atoms with E-state index < -0.39 is 24.0 Å². The van der Waals surface area contributed by atoms with Gasteiger partial charge in [0.2, 0.25) is 6.10 Å². The molecular formula is C18H21NO5. The number of pyridine rings is 1. The Morgan fingerprint density at radius 2 is 2.04 bits per heavy atom. The molecule has 2 atom stereocenters. The van der Waals surface area contributed by atoms with Crippen LogP contribution in [-0.4, -0.2) is 23.5 Å². The normalized spacial score (nSPS) is 13.2. The van der Waals surface area contributed by atoms with E-state index >= 15 is 0 Å². The highest BCUT2D eigenvalue weighted by Crippen LogP contribution is 2.27. The molecule has 0 aliphatic heterocycles. The fourth-order valence-electron chi connectivity index (χ4n) is 2.43. The number of hydrogen-bond donors (Lipinski definition) is 0. The zero-order chi connectivity index (χ0) is 17.7. The predicted octanol–water partition coefficient (Wildman–Crippen LogP) is 3.24. The lowest BCUT2D eigenvalue weighted by molar-refractivity contribution is -0.169. The van der Waals surface area contributed by atoms with Gasteiger partial charge in [-0.3, -0.25) is 9.78 Å². The topological polar surface area (TPSA) is 78.6 Å². The maximum atomic E-state index is 12.5. The van der Waals surface area contributed by atoms with Crippen LogP contribution in [0.4, 0.5) is 0 Å². The van der Waals surface area contributed by atoms with Crippen molar-refractivity contribution in [2.75, 3.05) is 6.61 Å². The highest BCUT2D eigenvalue weighted by Gasteiger charge is 2.30. The van der Waals surface area contributed by atoms with Crippen molar-refractivity contribution in [1.82, 2.24) is 4.98 Å². The molecule has 0 amide bonds. The van der Waals surface area contributed by atoms with E-state index in [4.69, 9.17) is 13.9 Å². The van der Waals surface area contributed by atoms with Crippen molar-refractivity contribution in [2.24, 2.45) is 0 Å². The second-order valence-electron chi connectivity index (χ2n) is 5.45. The third kappa shape index (κ3) is 4.01. The molecule has 2 aromatic heterocycles. The lowest BCUT2D eigenvalue weighted by Gasteiger charge is -2.19. The number of furan rings is 1. The second kappa shape index (κ2) is 7.77. The van der Waals surface area contributed by atoms with Crippen LogP contribution in [0.15, 0.2) is 35.0 Å². The highest BCUT2D eigenvalue weighted by molar-refractivity contribution is 5.83. The summed E-state index contributed by atoms with van der Waals surface area (Å²) < 4.78 is 15.9. The van der Waals surface area contributed by atoms with Gasteiger partial charge in [0.05, 0.1) is 12.5 Å². The van der Waals surface area contributed by atoms with Crippen LogP contribution in [0.5, 0.6) is 0 Å². The molecule has 0 N–H and O–H groups in total. The zero-order valence-electron chi connectivity index (χ0n) is 14.2. The molecule has 2 aromatic rings. The van der Waals surface area contributed by atoms with Gasteiger partial charge in [0, 0.05) is 23.5 Å². The Labute approximate surface area is 140 Å². The molecule has 0 radical (unpaired) electrons. The summed E-state index contributed by atoms with van der Waals surface area (Å²) in [5.41, 5.74) is 1.21. The monoisotopic (exact) mass is 331 g/mol. The molecule has 0 aliphatic carbocycles. The lowest BCUT2D eigenvalue weighted by atomic mass is 10.0. The fourth-order valence-corrected chi connectivity index (χ4v) is 2.43. The molecular weight excluding hydrogens is 310 g/mol. The summed E-state index contributed by atoms with van der Waals surface area (Å²) >= 11 is 0. The van der Waals surface area contributed by atoms with Gasteiger partial charge in [0.25, 0.3) is 0 Å². The van der Waals surface area contributed by atoms with E-state index in [0.29, 0.717) is 11.3 Å². The van der Waals surface area contributed by atoms with Crippen LogP contribution < -0.4 is 0 Å². The summed E-state index contributed by atoms with van der Waals surface area (Å²) in [6.07, 6.45) is 1.92. The van der Waals surface area contributed by atoms with Gasteiger partial charge in [0.15, 0.2) is 0 Å². The predicted molar refractivity (Wildman–Crippen MR) is 86.3 cm³/mol.